The molecule has 0 aliphatic heterocycles. The maximum absolute atomic E-state index is 11.8. The van der Waals surface area contributed by atoms with E-state index in [0.717, 1.165) is 12.8 Å². The topological polar surface area (TPSA) is 73.6 Å². The van der Waals surface area contributed by atoms with E-state index in [9.17, 15) is 4.79 Å². The summed E-state index contributed by atoms with van der Waals surface area (Å²) in [7, 11) is 3.12. The second-order valence-corrected chi connectivity index (χ2v) is 4.21. The Morgan fingerprint density at radius 2 is 1.72 bits per heavy atom. The Morgan fingerprint density at radius 1 is 1.22 bits per heavy atom. The molecule has 1 aromatic carbocycles. The molecule has 0 bridgehead atoms. The van der Waals surface area contributed by atoms with E-state index in [-0.39, 0.29) is 18.3 Å². The smallest absolute Gasteiger partial charge is 0.244 e. The van der Waals surface area contributed by atoms with Crippen molar-refractivity contribution in [2.24, 2.45) is 5.73 Å². The van der Waals surface area contributed by atoms with E-state index < -0.39 is 5.54 Å². The molecule has 0 unspecified atom stereocenters. The number of anilines is 1. The van der Waals surface area contributed by atoms with E-state index in [1.165, 1.54) is 0 Å². The lowest BCUT2D eigenvalue weighted by atomic mass is 10.2. The van der Waals surface area contributed by atoms with Crippen LogP contribution in [0.1, 0.15) is 12.8 Å². The number of nitrogens with one attached hydrogen (secondary N) is 1. The highest BCUT2D eigenvalue weighted by Gasteiger charge is 2.45. The van der Waals surface area contributed by atoms with Crippen LogP contribution < -0.4 is 20.5 Å². The molecule has 0 saturated heterocycles. The van der Waals surface area contributed by atoms with Crippen LogP contribution in [-0.4, -0.2) is 25.7 Å². The predicted octanol–water partition coefficient (Wildman–Crippen LogP) is 1.56. The summed E-state index contributed by atoms with van der Waals surface area (Å²) in [6.45, 7) is 0. The van der Waals surface area contributed by atoms with Gasteiger partial charge in [-0.1, -0.05) is 0 Å². The molecule has 1 amide bonds. The molecule has 1 aliphatic carbocycles. The summed E-state index contributed by atoms with van der Waals surface area (Å²) in [5.41, 5.74) is 5.75. The van der Waals surface area contributed by atoms with E-state index in [2.05, 4.69) is 5.32 Å². The fourth-order valence-electron chi connectivity index (χ4n) is 1.50. The van der Waals surface area contributed by atoms with Crippen molar-refractivity contribution in [2.45, 2.75) is 18.4 Å². The molecule has 18 heavy (non-hydrogen) atoms. The van der Waals surface area contributed by atoms with Gasteiger partial charge in [-0.15, -0.1) is 12.4 Å². The standard InChI is InChI=1S/C12H16N2O3.ClH/c1-16-9-5-8(6-10(7-9)17-2)14-11(15)12(13)3-4-12;/h5-7H,3-4,13H2,1-2H3,(H,14,15);1H. The number of methoxy groups -OCH3 is 2. The molecule has 6 heteroatoms. The van der Waals surface area contributed by atoms with Crippen LogP contribution in [0.5, 0.6) is 11.5 Å². The molecular formula is C12H17ClN2O3. The number of hydrogen-bond acceptors (Lipinski definition) is 4. The molecule has 0 spiro atoms. The molecule has 2 rings (SSSR count). The molecule has 1 aromatic rings. The molecule has 3 N–H and O–H groups in total. The first-order valence-corrected chi connectivity index (χ1v) is 5.41. The molecule has 0 aromatic heterocycles. The Balaban J connectivity index is 0.00000162. The van der Waals surface area contributed by atoms with E-state index in [1.54, 1.807) is 32.4 Å². The predicted molar refractivity (Wildman–Crippen MR) is 71.6 cm³/mol. The van der Waals surface area contributed by atoms with Crippen molar-refractivity contribution in [3.05, 3.63) is 18.2 Å². The van der Waals surface area contributed by atoms with Crippen molar-refractivity contribution in [3.63, 3.8) is 0 Å². The fraction of sp³-hybridized carbons (Fsp3) is 0.417. The number of carbonyl (C=O) groups excluding carboxylic acids is 1. The van der Waals surface area contributed by atoms with Crippen LogP contribution in [0.4, 0.5) is 5.69 Å². The van der Waals surface area contributed by atoms with Crippen molar-refractivity contribution in [2.75, 3.05) is 19.5 Å². The number of benzene rings is 1. The second-order valence-electron chi connectivity index (χ2n) is 4.21. The Labute approximate surface area is 112 Å². The number of carbonyl (C=O) groups is 1. The zero-order valence-electron chi connectivity index (χ0n) is 10.4. The van der Waals surface area contributed by atoms with Gasteiger partial charge < -0.3 is 20.5 Å². The summed E-state index contributed by atoms with van der Waals surface area (Å²) in [5.74, 6) is 1.09. The highest BCUT2D eigenvalue weighted by Crippen LogP contribution is 2.34. The minimum absolute atomic E-state index is 0. The van der Waals surface area contributed by atoms with E-state index >= 15 is 0 Å². The molecule has 1 saturated carbocycles. The minimum Gasteiger partial charge on any atom is -0.497 e. The largest absolute Gasteiger partial charge is 0.497 e. The van der Waals surface area contributed by atoms with Crippen molar-refractivity contribution >= 4 is 24.0 Å². The van der Waals surface area contributed by atoms with Crippen LogP contribution in [0.3, 0.4) is 0 Å². The first-order valence-electron chi connectivity index (χ1n) is 5.41. The van der Waals surface area contributed by atoms with Gasteiger partial charge in [-0.05, 0) is 12.8 Å². The maximum atomic E-state index is 11.8. The molecular weight excluding hydrogens is 256 g/mol. The van der Waals surface area contributed by atoms with Gasteiger partial charge in [-0.25, -0.2) is 0 Å². The highest BCUT2D eigenvalue weighted by molar-refractivity contribution is 6.00. The van der Waals surface area contributed by atoms with Gasteiger partial charge in [0.1, 0.15) is 11.5 Å². The molecule has 5 nitrogen and oxygen atoms in total. The fourth-order valence-corrected chi connectivity index (χ4v) is 1.50. The number of ether oxygens (including phenoxy) is 2. The summed E-state index contributed by atoms with van der Waals surface area (Å²) in [6.07, 6.45) is 1.47. The van der Waals surface area contributed by atoms with E-state index in [1.807, 2.05) is 0 Å². The van der Waals surface area contributed by atoms with Crippen LogP contribution in [0.2, 0.25) is 0 Å². The monoisotopic (exact) mass is 272 g/mol. The van der Waals surface area contributed by atoms with E-state index in [0.29, 0.717) is 17.2 Å². The molecule has 0 radical (unpaired) electrons. The van der Waals surface area contributed by atoms with Gasteiger partial charge in [0.05, 0.1) is 19.8 Å². The zero-order valence-corrected chi connectivity index (χ0v) is 11.2. The van der Waals surface area contributed by atoms with Gasteiger partial charge in [-0.3, -0.25) is 4.79 Å². The third-order valence-electron chi connectivity index (χ3n) is 2.85. The first kappa shape index (κ1) is 14.6. The van der Waals surface area contributed by atoms with Crippen LogP contribution in [-0.2, 0) is 4.79 Å². The summed E-state index contributed by atoms with van der Waals surface area (Å²) in [6, 6.07) is 5.20. The lowest BCUT2D eigenvalue weighted by Crippen LogP contribution is -2.37. The number of halogens is 1. The van der Waals surface area contributed by atoms with Gasteiger partial charge in [0.2, 0.25) is 5.91 Å². The zero-order chi connectivity index (χ0) is 12.5. The SMILES string of the molecule is COc1cc(NC(=O)C2(N)CC2)cc(OC)c1.Cl. The van der Waals surface area contributed by atoms with Crippen LogP contribution in [0, 0.1) is 0 Å². The first-order chi connectivity index (χ1) is 8.07. The molecule has 100 valence electrons. The Morgan fingerprint density at radius 3 is 2.11 bits per heavy atom. The highest BCUT2D eigenvalue weighted by atomic mass is 35.5. The van der Waals surface area contributed by atoms with Gasteiger partial charge in [-0.2, -0.15) is 0 Å². The van der Waals surface area contributed by atoms with Crippen molar-refractivity contribution in [3.8, 4) is 11.5 Å². The third kappa shape index (κ3) is 3.05. The van der Waals surface area contributed by atoms with Crippen molar-refractivity contribution in [1.29, 1.82) is 0 Å². The van der Waals surface area contributed by atoms with Gasteiger partial charge in [0, 0.05) is 23.9 Å². The van der Waals surface area contributed by atoms with E-state index in [4.69, 9.17) is 15.2 Å². The average Bonchev–Trinajstić information content (AvgIpc) is 3.08. The summed E-state index contributed by atoms with van der Waals surface area (Å²) < 4.78 is 10.2. The van der Waals surface area contributed by atoms with Crippen LogP contribution in [0.15, 0.2) is 18.2 Å². The lowest BCUT2D eigenvalue weighted by molar-refractivity contribution is -0.118. The summed E-state index contributed by atoms with van der Waals surface area (Å²) in [4.78, 5) is 11.8. The molecule has 0 heterocycles. The minimum atomic E-state index is -0.684. The van der Waals surface area contributed by atoms with Crippen LogP contribution in [0.25, 0.3) is 0 Å². The quantitative estimate of drug-likeness (QED) is 0.872. The van der Waals surface area contributed by atoms with Crippen molar-refractivity contribution in [1.82, 2.24) is 0 Å². The number of nitrogens with two attached hydrogens (primary N) is 1. The molecule has 0 atom stereocenters. The number of amides is 1. The van der Waals surface area contributed by atoms with Gasteiger partial charge >= 0.3 is 0 Å². The normalized spacial score (nSPS) is 15.3. The average molecular weight is 273 g/mol. The van der Waals surface area contributed by atoms with Gasteiger partial charge in [0.15, 0.2) is 0 Å². The second kappa shape index (κ2) is 5.46. The summed E-state index contributed by atoms with van der Waals surface area (Å²) in [5, 5.41) is 2.77. The summed E-state index contributed by atoms with van der Waals surface area (Å²) >= 11 is 0. The third-order valence-corrected chi connectivity index (χ3v) is 2.85. The Kier molecular flexibility index (Phi) is 4.43. The lowest BCUT2D eigenvalue weighted by Gasteiger charge is -2.12. The van der Waals surface area contributed by atoms with Gasteiger partial charge in [0.25, 0.3) is 0 Å². The maximum Gasteiger partial charge on any atom is 0.244 e. The number of rotatable bonds is 4. The number of hydrogen-bond donors (Lipinski definition) is 2. The Hall–Kier alpha value is -1.46. The van der Waals surface area contributed by atoms with Crippen molar-refractivity contribution < 1.29 is 14.3 Å². The molecule has 1 aliphatic rings. The Bertz CT molecular complexity index is 425. The van der Waals surface area contributed by atoms with Crippen LogP contribution >= 0.6 is 12.4 Å². The molecule has 1 fully saturated rings.